The van der Waals surface area contributed by atoms with Gasteiger partial charge in [-0.1, -0.05) is 6.92 Å². The van der Waals surface area contributed by atoms with Gasteiger partial charge < -0.3 is 4.74 Å². The van der Waals surface area contributed by atoms with Crippen LogP contribution in [0.25, 0.3) is 0 Å². The Morgan fingerprint density at radius 2 is 1.93 bits per heavy atom. The van der Waals surface area contributed by atoms with E-state index in [1.165, 1.54) is 0 Å². The first-order valence-corrected chi connectivity index (χ1v) is 3.96. The normalized spacial score (nSPS) is 11.5. The highest BCUT2D eigenvalue weighted by molar-refractivity contribution is 5.34. The molecule has 1 rings (SSSR count). The summed E-state index contributed by atoms with van der Waals surface area (Å²) in [6.07, 6.45) is -4.45. The molecule has 1 aromatic rings. The Bertz CT molecular complexity index is 319. The fourth-order valence-corrected chi connectivity index (χ4v) is 1.05. The molecule has 0 amide bonds. The number of rotatable bonds is 2. The molecule has 0 atom stereocenters. The van der Waals surface area contributed by atoms with E-state index in [1.807, 2.05) is 0 Å². The molecule has 78 valence electrons. The van der Waals surface area contributed by atoms with Crippen molar-refractivity contribution in [3.63, 3.8) is 0 Å². The zero-order chi connectivity index (χ0) is 10.8. The fraction of sp³-hybridized carbons (Fsp3) is 0.333. The molecular formula is C9H8F4O. The van der Waals surface area contributed by atoms with Crippen molar-refractivity contribution >= 4 is 0 Å². The van der Waals surface area contributed by atoms with Crippen LogP contribution in [-0.4, -0.2) is 6.36 Å². The number of alkyl halides is 3. The number of ether oxygens (including phenoxy) is 1. The van der Waals surface area contributed by atoms with E-state index in [-0.39, 0.29) is 17.7 Å². The standard InChI is InChI=1S/C9H8F4O/c1-2-6-5-7(10)3-4-8(6)14-9(11,12)13/h3-5H,2H2,1H3. The van der Waals surface area contributed by atoms with Crippen molar-refractivity contribution in [3.05, 3.63) is 29.6 Å². The van der Waals surface area contributed by atoms with Gasteiger partial charge in [-0.3, -0.25) is 0 Å². The lowest BCUT2D eigenvalue weighted by atomic mass is 10.1. The smallest absolute Gasteiger partial charge is 0.405 e. The molecule has 0 N–H and O–H groups in total. The zero-order valence-electron chi connectivity index (χ0n) is 7.36. The van der Waals surface area contributed by atoms with Gasteiger partial charge in [0.2, 0.25) is 0 Å². The Labute approximate surface area is 78.3 Å². The van der Waals surface area contributed by atoms with Crippen LogP contribution in [0.3, 0.4) is 0 Å². The number of aryl methyl sites for hydroxylation is 1. The molecule has 0 fully saturated rings. The molecule has 0 spiro atoms. The lowest BCUT2D eigenvalue weighted by molar-refractivity contribution is -0.274. The van der Waals surface area contributed by atoms with Crippen molar-refractivity contribution in [2.24, 2.45) is 0 Å². The van der Waals surface area contributed by atoms with Crippen LogP contribution in [0.15, 0.2) is 18.2 Å². The molecule has 0 saturated heterocycles. The van der Waals surface area contributed by atoms with E-state index in [0.29, 0.717) is 0 Å². The van der Waals surface area contributed by atoms with Crippen LogP contribution in [-0.2, 0) is 6.42 Å². The lowest BCUT2D eigenvalue weighted by Crippen LogP contribution is -2.18. The topological polar surface area (TPSA) is 9.23 Å². The summed E-state index contributed by atoms with van der Waals surface area (Å²) in [5.41, 5.74) is 0.197. The highest BCUT2D eigenvalue weighted by Crippen LogP contribution is 2.27. The second kappa shape index (κ2) is 3.86. The Morgan fingerprint density at radius 3 is 2.43 bits per heavy atom. The van der Waals surface area contributed by atoms with Gasteiger partial charge in [0.25, 0.3) is 0 Å². The first-order chi connectivity index (χ1) is 6.42. The predicted molar refractivity (Wildman–Crippen MR) is 42.5 cm³/mol. The molecule has 0 aliphatic carbocycles. The Morgan fingerprint density at radius 1 is 1.29 bits per heavy atom. The lowest BCUT2D eigenvalue weighted by Gasteiger charge is -2.11. The van der Waals surface area contributed by atoms with Gasteiger partial charge in [-0.2, -0.15) is 0 Å². The Kier molecular flexibility index (Phi) is 2.98. The van der Waals surface area contributed by atoms with Gasteiger partial charge in [-0.05, 0) is 30.2 Å². The fourth-order valence-electron chi connectivity index (χ4n) is 1.05. The summed E-state index contributed by atoms with van der Waals surface area (Å²) in [6.45, 7) is 1.62. The monoisotopic (exact) mass is 208 g/mol. The van der Waals surface area contributed by atoms with E-state index in [2.05, 4.69) is 4.74 Å². The first kappa shape index (κ1) is 10.8. The summed E-state index contributed by atoms with van der Waals surface area (Å²) in [7, 11) is 0. The second-order valence-corrected chi connectivity index (χ2v) is 2.65. The molecule has 1 aromatic carbocycles. The highest BCUT2D eigenvalue weighted by atomic mass is 19.4. The molecule has 0 radical (unpaired) electrons. The summed E-state index contributed by atoms with van der Waals surface area (Å²) < 4.78 is 51.9. The van der Waals surface area contributed by atoms with E-state index in [4.69, 9.17) is 0 Å². The van der Waals surface area contributed by atoms with Gasteiger partial charge in [0.15, 0.2) is 0 Å². The van der Waals surface area contributed by atoms with E-state index >= 15 is 0 Å². The van der Waals surface area contributed by atoms with Crippen LogP contribution < -0.4 is 4.74 Å². The maximum Gasteiger partial charge on any atom is 0.573 e. The molecule has 0 unspecified atom stereocenters. The van der Waals surface area contributed by atoms with Crippen LogP contribution >= 0.6 is 0 Å². The zero-order valence-corrected chi connectivity index (χ0v) is 7.36. The van der Waals surface area contributed by atoms with E-state index in [9.17, 15) is 17.6 Å². The van der Waals surface area contributed by atoms with Gasteiger partial charge in [-0.25, -0.2) is 4.39 Å². The predicted octanol–water partition coefficient (Wildman–Crippen LogP) is 3.29. The minimum absolute atomic E-state index is 0.197. The number of hydrogen-bond acceptors (Lipinski definition) is 1. The largest absolute Gasteiger partial charge is 0.573 e. The SMILES string of the molecule is CCc1cc(F)ccc1OC(F)(F)F. The minimum atomic E-state index is -4.73. The van der Waals surface area contributed by atoms with E-state index in [1.54, 1.807) is 6.92 Å². The van der Waals surface area contributed by atoms with Crippen molar-refractivity contribution in [3.8, 4) is 5.75 Å². The minimum Gasteiger partial charge on any atom is -0.405 e. The van der Waals surface area contributed by atoms with Gasteiger partial charge in [0.05, 0.1) is 0 Å². The summed E-state index contributed by atoms with van der Waals surface area (Å²) in [4.78, 5) is 0. The summed E-state index contributed by atoms with van der Waals surface area (Å²) in [5, 5.41) is 0. The van der Waals surface area contributed by atoms with Gasteiger partial charge in [0, 0.05) is 0 Å². The van der Waals surface area contributed by atoms with Gasteiger partial charge in [0.1, 0.15) is 11.6 Å². The molecule has 0 heterocycles. The summed E-state index contributed by atoms with van der Waals surface area (Å²) in [6, 6.07) is 2.93. The third-order valence-electron chi connectivity index (χ3n) is 1.63. The van der Waals surface area contributed by atoms with Crippen molar-refractivity contribution < 1.29 is 22.3 Å². The number of halogens is 4. The summed E-state index contributed by atoms with van der Waals surface area (Å²) >= 11 is 0. The first-order valence-electron chi connectivity index (χ1n) is 3.96. The quantitative estimate of drug-likeness (QED) is 0.677. The van der Waals surface area contributed by atoms with Crippen LogP contribution in [0.1, 0.15) is 12.5 Å². The molecule has 0 bridgehead atoms. The third kappa shape index (κ3) is 2.90. The molecule has 0 aliphatic rings. The van der Waals surface area contributed by atoms with E-state index in [0.717, 1.165) is 18.2 Å². The maximum absolute atomic E-state index is 12.6. The van der Waals surface area contributed by atoms with Crippen molar-refractivity contribution in [1.29, 1.82) is 0 Å². The molecule has 0 aromatic heterocycles. The second-order valence-electron chi connectivity index (χ2n) is 2.65. The van der Waals surface area contributed by atoms with Crippen molar-refractivity contribution in [2.45, 2.75) is 19.7 Å². The molecular weight excluding hydrogens is 200 g/mol. The maximum atomic E-state index is 12.6. The van der Waals surface area contributed by atoms with E-state index < -0.39 is 12.2 Å². The Hall–Kier alpha value is -1.26. The molecule has 0 saturated carbocycles. The summed E-state index contributed by atoms with van der Waals surface area (Å²) in [5.74, 6) is -0.919. The van der Waals surface area contributed by atoms with Crippen molar-refractivity contribution in [1.82, 2.24) is 0 Å². The van der Waals surface area contributed by atoms with Crippen LogP contribution in [0.2, 0.25) is 0 Å². The molecule has 1 nitrogen and oxygen atoms in total. The Balaban J connectivity index is 2.97. The number of hydrogen-bond donors (Lipinski definition) is 0. The molecule has 5 heteroatoms. The van der Waals surface area contributed by atoms with Crippen LogP contribution in [0.4, 0.5) is 17.6 Å². The average molecular weight is 208 g/mol. The molecule has 14 heavy (non-hydrogen) atoms. The average Bonchev–Trinajstić information content (AvgIpc) is 2.06. The van der Waals surface area contributed by atoms with Gasteiger partial charge >= 0.3 is 6.36 Å². The van der Waals surface area contributed by atoms with Gasteiger partial charge in [-0.15, -0.1) is 13.2 Å². The van der Waals surface area contributed by atoms with Crippen LogP contribution in [0, 0.1) is 5.82 Å². The number of benzene rings is 1. The highest BCUT2D eigenvalue weighted by Gasteiger charge is 2.31. The molecule has 0 aliphatic heterocycles. The third-order valence-corrected chi connectivity index (χ3v) is 1.63. The van der Waals surface area contributed by atoms with Crippen LogP contribution in [0.5, 0.6) is 5.75 Å². The van der Waals surface area contributed by atoms with Crippen molar-refractivity contribution in [2.75, 3.05) is 0 Å².